The lowest BCUT2D eigenvalue weighted by Crippen LogP contribution is -2.54. The number of nitrogens with zero attached hydrogens (tertiary/aromatic N) is 4. The minimum Gasteiger partial charge on any atom is -0.372 e. The smallest absolute Gasteiger partial charge is 0.152 e. The van der Waals surface area contributed by atoms with Crippen LogP contribution < -0.4 is 14.7 Å². The molecule has 32 heavy (non-hydrogen) atoms. The molecule has 0 aliphatic carbocycles. The van der Waals surface area contributed by atoms with Gasteiger partial charge in [0.15, 0.2) is 15.7 Å². The van der Waals surface area contributed by atoms with Crippen molar-refractivity contribution in [3.05, 3.63) is 48.2 Å². The fourth-order valence-electron chi connectivity index (χ4n) is 4.22. The van der Waals surface area contributed by atoms with Gasteiger partial charge in [-0.3, -0.25) is 0 Å². The van der Waals surface area contributed by atoms with Crippen LogP contribution in [0.4, 0.5) is 17.3 Å². The predicted molar refractivity (Wildman–Crippen MR) is 129 cm³/mol. The highest BCUT2D eigenvalue weighted by molar-refractivity contribution is 7.89. The number of aromatic nitrogens is 2. The average molecular weight is 456 g/mol. The van der Waals surface area contributed by atoms with Gasteiger partial charge >= 0.3 is 0 Å². The fourth-order valence-corrected chi connectivity index (χ4v) is 5.01. The Morgan fingerprint density at radius 1 is 1.25 bits per heavy atom. The summed E-state index contributed by atoms with van der Waals surface area (Å²) in [5.74, 6) is 1.76. The molecule has 1 N–H and O–H groups in total. The summed E-state index contributed by atoms with van der Waals surface area (Å²) >= 11 is 0. The molecule has 0 saturated carbocycles. The molecule has 0 spiro atoms. The second-order valence-electron chi connectivity index (χ2n) is 8.35. The summed E-state index contributed by atoms with van der Waals surface area (Å²) in [4.78, 5) is 26.4. The first-order valence-electron chi connectivity index (χ1n) is 10.7. The van der Waals surface area contributed by atoms with Crippen LogP contribution in [0.3, 0.4) is 0 Å². The molecule has 4 rings (SSSR count). The highest BCUT2D eigenvalue weighted by Crippen LogP contribution is 2.30. The number of nitrogens with one attached hydrogen (secondary N) is 1. The van der Waals surface area contributed by atoms with Gasteiger partial charge in [0.1, 0.15) is 18.1 Å². The van der Waals surface area contributed by atoms with Gasteiger partial charge in [-0.05, 0) is 36.8 Å². The maximum atomic E-state index is 12.0. The van der Waals surface area contributed by atoms with Crippen LogP contribution in [0.2, 0.25) is 0 Å². The molecular formula is C23H29N5O3S. The number of H-pyrrole nitrogens is 1. The number of rotatable bonds is 7. The molecule has 1 unspecified atom stereocenters. The number of hydrogen-bond donors (Lipinski definition) is 1. The van der Waals surface area contributed by atoms with Crippen molar-refractivity contribution in [2.75, 3.05) is 54.2 Å². The van der Waals surface area contributed by atoms with E-state index in [0.717, 1.165) is 53.2 Å². The molecule has 8 nitrogen and oxygen atoms in total. The number of piperazine rings is 1. The largest absolute Gasteiger partial charge is 0.372 e. The van der Waals surface area contributed by atoms with E-state index in [-0.39, 0.29) is 11.8 Å². The number of pyridine rings is 1. The van der Waals surface area contributed by atoms with E-state index in [1.54, 1.807) is 6.20 Å². The molecule has 1 fully saturated rings. The third-order valence-corrected chi connectivity index (χ3v) is 6.80. The summed E-state index contributed by atoms with van der Waals surface area (Å²) in [7, 11) is -1.06. The molecule has 3 aromatic rings. The van der Waals surface area contributed by atoms with Crippen molar-refractivity contribution >= 4 is 44.3 Å². The summed E-state index contributed by atoms with van der Waals surface area (Å²) in [5.41, 5.74) is 2.66. The Morgan fingerprint density at radius 3 is 2.78 bits per heavy atom. The van der Waals surface area contributed by atoms with Gasteiger partial charge in [-0.1, -0.05) is 12.1 Å². The number of benzene rings is 1. The van der Waals surface area contributed by atoms with Gasteiger partial charge in [0.25, 0.3) is 0 Å². The zero-order valence-corrected chi connectivity index (χ0v) is 19.5. The lowest BCUT2D eigenvalue weighted by Gasteiger charge is -2.41. The Labute approximate surface area is 188 Å². The highest BCUT2D eigenvalue weighted by Gasteiger charge is 2.30. The van der Waals surface area contributed by atoms with Crippen molar-refractivity contribution in [1.29, 1.82) is 0 Å². The number of carbonyl (C=O) groups is 1. The van der Waals surface area contributed by atoms with Gasteiger partial charge < -0.3 is 24.5 Å². The Morgan fingerprint density at radius 2 is 2.06 bits per heavy atom. The predicted octanol–water partition coefficient (Wildman–Crippen LogP) is 2.46. The normalized spacial score (nSPS) is 17.0. The molecule has 9 heteroatoms. The van der Waals surface area contributed by atoms with Gasteiger partial charge in [-0.15, -0.1) is 0 Å². The second kappa shape index (κ2) is 8.82. The monoisotopic (exact) mass is 455 g/mol. The molecule has 1 atom stereocenters. The van der Waals surface area contributed by atoms with E-state index in [4.69, 9.17) is 0 Å². The van der Waals surface area contributed by atoms with Crippen molar-refractivity contribution < 1.29 is 13.2 Å². The number of aromatic amines is 1. The molecule has 170 valence electrons. The lowest BCUT2D eigenvalue weighted by atomic mass is 10.1. The van der Waals surface area contributed by atoms with Crippen molar-refractivity contribution in [3.63, 3.8) is 0 Å². The first-order valence-corrected chi connectivity index (χ1v) is 12.8. The van der Waals surface area contributed by atoms with Gasteiger partial charge in [0.05, 0.1) is 11.4 Å². The van der Waals surface area contributed by atoms with E-state index in [9.17, 15) is 13.2 Å². The minimum absolute atomic E-state index is 0.00550. The van der Waals surface area contributed by atoms with E-state index < -0.39 is 9.84 Å². The van der Waals surface area contributed by atoms with Gasteiger partial charge in [-0.25, -0.2) is 13.4 Å². The molecule has 2 aromatic heterocycles. The fraction of sp³-hybridized carbons (Fsp3) is 0.391. The number of sulfone groups is 1. The summed E-state index contributed by atoms with van der Waals surface area (Å²) < 4.78 is 23.3. The van der Waals surface area contributed by atoms with Crippen molar-refractivity contribution in [2.45, 2.75) is 18.7 Å². The van der Waals surface area contributed by atoms with Gasteiger partial charge in [0.2, 0.25) is 0 Å². The molecule has 0 amide bonds. The zero-order valence-electron chi connectivity index (χ0n) is 18.7. The molecule has 3 heterocycles. The minimum atomic E-state index is -3.10. The first kappa shape index (κ1) is 22.1. The topological polar surface area (TPSA) is 89.6 Å². The molecule has 1 aliphatic rings. The van der Waals surface area contributed by atoms with E-state index in [1.807, 2.05) is 37.4 Å². The summed E-state index contributed by atoms with van der Waals surface area (Å²) in [6.45, 7) is 4.91. The van der Waals surface area contributed by atoms with Crippen LogP contribution in [0, 0.1) is 0 Å². The van der Waals surface area contributed by atoms with E-state index >= 15 is 0 Å². The number of anilines is 3. The third-order valence-electron chi connectivity index (χ3n) is 5.94. The third kappa shape index (κ3) is 4.57. The number of fused-ring (bicyclic) bond motifs is 1. The molecule has 1 saturated heterocycles. The Kier molecular flexibility index (Phi) is 6.10. The van der Waals surface area contributed by atoms with Crippen LogP contribution in [0.1, 0.15) is 12.5 Å². The van der Waals surface area contributed by atoms with E-state index in [0.29, 0.717) is 13.1 Å². The molecule has 0 radical (unpaired) electrons. The quantitative estimate of drug-likeness (QED) is 0.548. The van der Waals surface area contributed by atoms with E-state index in [1.165, 1.54) is 6.26 Å². The van der Waals surface area contributed by atoms with Crippen LogP contribution in [0.25, 0.3) is 10.9 Å². The van der Waals surface area contributed by atoms with E-state index in [2.05, 4.69) is 37.7 Å². The number of carbonyl (C=O) groups excluding carboxylic acids is 1. The first-order chi connectivity index (χ1) is 15.3. The maximum absolute atomic E-state index is 12.0. The molecule has 1 aromatic carbocycles. The number of hydrogen-bond acceptors (Lipinski definition) is 7. The summed E-state index contributed by atoms with van der Waals surface area (Å²) in [6, 6.07) is 11.3. The van der Waals surface area contributed by atoms with Gasteiger partial charge in [0, 0.05) is 56.6 Å². The van der Waals surface area contributed by atoms with Crippen molar-refractivity contribution in [2.24, 2.45) is 0 Å². The molecule has 1 aliphatic heterocycles. The Bertz CT molecular complexity index is 1220. The average Bonchev–Trinajstić information content (AvgIpc) is 3.20. The Balaban J connectivity index is 1.58. The van der Waals surface area contributed by atoms with Crippen LogP contribution in [0.15, 0.2) is 42.6 Å². The van der Waals surface area contributed by atoms with Crippen LogP contribution >= 0.6 is 0 Å². The lowest BCUT2D eigenvalue weighted by molar-refractivity contribution is -0.109. The van der Waals surface area contributed by atoms with Crippen LogP contribution in [0.5, 0.6) is 0 Å². The summed E-state index contributed by atoms with van der Waals surface area (Å²) in [6.07, 6.45) is 4.01. The molecule has 0 bridgehead atoms. The van der Waals surface area contributed by atoms with Crippen molar-refractivity contribution in [1.82, 2.24) is 9.97 Å². The van der Waals surface area contributed by atoms with Crippen LogP contribution in [-0.2, 0) is 20.4 Å². The second-order valence-corrected chi connectivity index (χ2v) is 10.5. The zero-order chi connectivity index (χ0) is 22.9. The van der Waals surface area contributed by atoms with Crippen LogP contribution in [-0.4, -0.2) is 70.2 Å². The highest BCUT2D eigenvalue weighted by atomic mass is 32.2. The van der Waals surface area contributed by atoms with Crippen molar-refractivity contribution in [3.8, 4) is 0 Å². The summed E-state index contributed by atoms with van der Waals surface area (Å²) in [5, 5.41) is 0.987. The maximum Gasteiger partial charge on any atom is 0.152 e. The SMILES string of the molecule is CCN(C)c1cccnc1N1CCN(c2cc3ccc(CS(C)(=O)=O)cc3[nH]2)C(C=O)C1. The standard InChI is InChI=1S/C23H29N5O3S/c1-4-26(2)21-6-5-9-24-23(21)27-10-11-28(19(14-27)15-29)22-13-18-8-7-17(12-20(18)25-22)16-32(3,30)31/h5-9,12-13,15,19,25H,4,10-11,14,16H2,1-3H3. The Hall–Kier alpha value is -3.07. The van der Waals surface area contributed by atoms with Gasteiger partial charge in [-0.2, -0.15) is 0 Å². The number of aldehydes is 1. The molecular weight excluding hydrogens is 426 g/mol.